The van der Waals surface area contributed by atoms with Crippen molar-refractivity contribution >= 4 is 23.4 Å². The normalized spacial score (nSPS) is 20.7. The molecule has 1 aliphatic carbocycles. The second-order valence-corrected chi connectivity index (χ2v) is 6.01. The molecule has 144 valence electrons. The number of carboxylic acid groups (broad SMARTS) is 2. The summed E-state index contributed by atoms with van der Waals surface area (Å²) >= 11 is 0. The van der Waals surface area contributed by atoms with E-state index in [0.29, 0.717) is 0 Å². The lowest BCUT2D eigenvalue weighted by atomic mass is 9.66. The predicted octanol–water partition coefficient (Wildman–Crippen LogP) is 2.87. The molecular formula is C18H18FNO7. The van der Waals surface area contributed by atoms with Gasteiger partial charge in [0.25, 0.3) is 0 Å². The van der Waals surface area contributed by atoms with Gasteiger partial charge in [0.05, 0.1) is 4.92 Å². The summed E-state index contributed by atoms with van der Waals surface area (Å²) in [6, 6.07) is 2.74. The fraction of sp³-hybridized carbons (Fsp3) is 0.278. The zero-order chi connectivity index (χ0) is 20.9. The number of nitro benzene ring substituents is 1. The Balaban J connectivity index is 0.000000828. The van der Waals surface area contributed by atoms with Crippen molar-refractivity contribution in [3.05, 3.63) is 63.5 Å². The minimum Gasteiger partial charge on any atom is -0.480 e. The Morgan fingerprint density at radius 3 is 2.22 bits per heavy atom. The van der Waals surface area contributed by atoms with E-state index in [2.05, 4.69) is 0 Å². The maximum Gasteiger partial charge on any atom is 0.331 e. The highest BCUT2D eigenvalue weighted by Crippen LogP contribution is 2.42. The fourth-order valence-electron chi connectivity index (χ4n) is 2.73. The first-order valence-corrected chi connectivity index (χ1v) is 7.72. The Labute approximate surface area is 153 Å². The van der Waals surface area contributed by atoms with Crippen molar-refractivity contribution in [2.75, 3.05) is 0 Å². The van der Waals surface area contributed by atoms with E-state index in [1.54, 1.807) is 0 Å². The van der Waals surface area contributed by atoms with E-state index >= 15 is 0 Å². The zero-order valence-corrected chi connectivity index (χ0v) is 14.8. The van der Waals surface area contributed by atoms with Gasteiger partial charge in [0.2, 0.25) is 5.82 Å². The van der Waals surface area contributed by atoms with Crippen LogP contribution < -0.4 is 0 Å². The highest BCUT2D eigenvalue weighted by atomic mass is 19.1. The molecule has 9 heteroatoms. The summed E-state index contributed by atoms with van der Waals surface area (Å²) in [6.07, 6.45) is 3.79. The molecule has 0 amide bonds. The second-order valence-electron chi connectivity index (χ2n) is 6.01. The van der Waals surface area contributed by atoms with Crippen LogP contribution in [-0.2, 0) is 19.8 Å². The number of carbonyl (C=O) groups excluding carboxylic acids is 1. The third kappa shape index (κ3) is 4.43. The van der Waals surface area contributed by atoms with E-state index in [1.165, 1.54) is 39.0 Å². The largest absolute Gasteiger partial charge is 0.480 e. The molecule has 1 aromatic carbocycles. The van der Waals surface area contributed by atoms with Gasteiger partial charge >= 0.3 is 17.6 Å². The smallest absolute Gasteiger partial charge is 0.331 e. The zero-order valence-electron chi connectivity index (χ0n) is 14.8. The van der Waals surface area contributed by atoms with Crippen molar-refractivity contribution in [1.82, 2.24) is 0 Å². The molecule has 0 aliphatic heterocycles. The molecule has 0 heterocycles. The van der Waals surface area contributed by atoms with Gasteiger partial charge in [-0.05, 0) is 25.5 Å². The topological polar surface area (TPSA) is 135 Å². The van der Waals surface area contributed by atoms with Crippen LogP contribution in [0.25, 0.3) is 0 Å². The molecule has 27 heavy (non-hydrogen) atoms. The van der Waals surface area contributed by atoms with Gasteiger partial charge in [-0.15, -0.1) is 0 Å². The summed E-state index contributed by atoms with van der Waals surface area (Å²) in [4.78, 5) is 42.5. The number of hydrogen-bond donors (Lipinski definition) is 2. The molecule has 0 fully saturated rings. The third-order valence-electron chi connectivity index (χ3n) is 4.01. The van der Waals surface area contributed by atoms with Gasteiger partial charge in [-0.1, -0.05) is 31.2 Å². The van der Waals surface area contributed by atoms with Crippen molar-refractivity contribution in [1.29, 1.82) is 0 Å². The molecule has 0 radical (unpaired) electrons. The average Bonchev–Trinajstić information content (AvgIpc) is 2.54. The van der Waals surface area contributed by atoms with Crippen LogP contribution >= 0.6 is 0 Å². The molecule has 2 rings (SSSR count). The number of aliphatic carboxylic acids is 2. The van der Waals surface area contributed by atoms with Crippen LogP contribution in [0, 0.1) is 21.8 Å². The van der Waals surface area contributed by atoms with Crippen LogP contribution in [0.2, 0.25) is 0 Å². The number of allylic oxidation sites excluding steroid dienone is 2. The minimum atomic E-state index is -1.83. The Kier molecular flexibility index (Phi) is 6.70. The standard InChI is InChI=1S/C15H12FNO6.C3H6O/c1-8-10(13(18)19)3-2-6-15(8,14(20)21)9-4-5-11(16)12(7-9)17(22)23;1-3(2)4/h2-8H,1H3,(H,18,19)(H,20,21);1-2H3. The van der Waals surface area contributed by atoms with Crippen molar-refractivity contribution in [2.24, 2.45) is 5.92 Å². The maximum absolute atomic E-state index is 13.5. The van der Waals surface area contributed by atoms with Crippen LogP contribution in [0.5, 0.6) is 0 Å². The first-order chi connectivity index (χ1) is 12.4. The minimum absolute atomic E-state index is 0.0614. The van der Waals surface area contributed by atoms with Gasteiger partial charge < -0.3 is 15.0 Å². The number of carboxylic acids is 2. The molecule has 2 unspecified atom stereocenters. The van der Waals surface area contributed by atoms with E-state index in [1.807, 2.05) is 0 Å². The summed E-state index contributed by atoms with van der Waals surface area (Å²) < 4.78 is 13.5. The van der Waals surface area contributed by atoms with Crippen LogP contribution in [0.4, 0.5) is 10.1 Å². The van der Waals surface area contributed by atoms with E-state index in [4.69, 9.17) is 0 Å². The second kappa shape index (κ2) is 8.35. The monoisotopic (exact) mass is 379 g/mol. The number of nitro groups is 1. The molecule has 1 aliphatic rings. The van der Waals surface area contributed by atoms with Crippen molar-refractivity contribution in [3.63, 3.8) is 0 Å². The number of rotatable bonds is 4. The molecule has 0 bridgehead atoms. The first kappa shape index (κ1) is 21.7. The lowest BCUT2D eigenvalue weighted by Crippen LogP contribution is -2.43. The number of ketones is 1. The number of hydrogen-bond acceptors (Lipinski definition) is 5. The highest BCUT2D eigenvalue weighted by Gasteiger charge is 2.48. The SMILES string of the molecule is CC(C)=O.CC1C(C(=O)O)=CC=CC1(C(=O)O)c1ccc(F)c([N+](=O)[O-])c1. The summed E-state index contributed by atoms with van der Waals surface area (Å²) in [7, 11) is 0. The Morgan fingerprint density at radius 1 is 1.22 bits per heavy atom. The van der Waals surface area contributed by atoms with Crippen LogP contribution in [0.1, 0.15) is 26.3 Å². The van der Waals surface area contributed by atoms with Crippen molar-refractivity contribution in [2.45, 2.75) is 26.2 Å². The van der Waals surface area contributed by atoms with Gasteiger partial charge in [-0.2, -0.15) is 4.39 Å². The van der Waals surface area contributed by atoms with E-state index in [9.17, 15) is 39.1 Å². The summed E-state index contributed by atoms with van der Waals surface area (Å²) in [6.45, 7) is 4.45. The van der Waals surface area contributed by atoms with Gasteiger partial charge in [-0.3, -0.25) is 14.9 Å². The van der Waals surface area contributed by atoms with E-state index < -0.39 is 39.7 Å². The van der Waals surface area contributed by atoms with Crippen LogP contribution in [-0.4, -0.2) is 32.9 Å². The number of nitrogens with zero attached hydrogens (tertiary/aromatic N) is 1. The molecule has 1 aromatic rings. The van der Waals surface area contributed by atoms with Gasteiger partial charge in [-0.25, -0.2) is 4.79 Å². The molecule has 2 N–H and O–H groups in total. The molecular weight excluding hydrogens is 361 g/mol. The van der Waals surface area contributed by atoms with Crippen molar-refractivity contribution in [3.8, 4) is 0 Å². The Morgan fingerprint density at radius 2 is 1.78 bits per heavy atom. The quantitative estimate of drug-likeness (QED) is 0.606. The van der Waals surface area contributed by atoms with Gasteiger partial charge in [0.1, 0.15) is 11.2 Å². The Bertz CT molecular complexity index is 855. The molecule has 8 nitrogen and oxygen atoms in total. The molecule has 2 atom stereocenters. The molecule has 0 spiro atoms. The number of carbonyl (C=O) groups is 3. The fourth-order valence-corrected chi connectivity index (χ4v) is 2.73. The van der Waals surface area contributed by atoms with E-state index in [0.717, 1.165) is 18.2 Å². The predicted molar refractivity (Wildman–Crippen MR) is 92.7 cm³/mol. The number of benzene rings is 1. The van der Waals surface area contributed by atoms with Gasteiger partial charge in [0.15, 0.2) is 0 Å². The summed E-state index contributed by atoms with van der Waals surface area (Å²) in [5, 5.41) is 29.7. The van der Waals surface area contributed by atoms with Crippen molar-refractivity contribution < 1.29 is 33.9 Å². The third-order valence-corrected chi connectivity index (χ3v) is 4.01. The Hall–Kier alpha value is -3.36. The van der Waals surface area contributed by atoms with Crippen LogP contribution in [0.15, 0.2) is 42.0 Å². The highest BCUT2D eigenvalue weighted by molar-refractivity contribution is 5.93. The van der Waals surface area contributed by atoms with Crippen LogP contribution in [0.3, 0.4) is 0 Å². The number of halogens is 1. The first-order valence-electron chi connectivity index (χ1n) is 7.72. The van der Waals surface area contributed by atoms with Gasteiger partial charge in [0, 0.05) is 17.6 Å². The molecule has 0 saturated carbocycles. The number of Topliss-reactive ketones (excluding diaryl/α,β-unsaturated/α-hetero) is 1. The molecule has 0 aromatic heterocycles. The lowest BCUT2D eigenvalue weighted by molar-refractivity contribution is -0.387. The van der Waals surface area contributed by atoms with E-state index in [-0.39, 0.29) is 16.9 Å². The summed E-state index contributed by atoms with van der Waals surface area (Å²) in [5.41, 5.74) is -2.91. The lowest BCUT2D eigenvalue weighted by Gasteiger charge is -2.35. The molecule has 0 saturated heterocycles. The maximum atomic E-state index is 13.5. The average molecular weight is 379 g/mol. The summed E-state index contributed by atoms with van der Waals surface area (Å²) in [5.74, 6) is -4.61.